The maximum absolute atomic E-state index is 5.50. The molecule has 1 fully saturated rings. The van der Waals surface area contributed by atoms with Crippen molar-refractivity contribution in [3.63, 3.8) is 0 Å². The highest BCUT2D eigenvalue weighted by atomic mass is 32.1. The molecule has 1 aromatic carbocycles. The molecule has 0 aliphatic carbocycles. The lowest BCUT2D eigenvalue weighted by Crippen LogP contribution is -2.46. The molecule has 0 saturated carbocycles. The standard InChI is InChI=1S/C22H24N6OS/c1-14-4-6-17(7-5-14)20-25-18(29-26-20)12-27-8-10-28(11-9-27)21-19-15(2)16(3)30-22(19)24-13-23-21/h4-7,13H,8-12H2,1-3H3. The summed E-state index contributed by atoms with van der Waals surface area (Å²) in [6.07, 6.45) is 1.68. The Morgan fingerprint density at radius 2 is 1.77 bits per heavy atom. The Balaban J connectivity index is 1.26. The van der Waals surface area contributed by atoms with Crippen molar-refractivity contribution < 1.29 is 4.52 Å². The molecule has 0 amide bonds. The van der Waals surface area contributed by atoms with Gasteiger partial charge in [-0.25, -0.2) is 9.97 Å². The number of aromatic nitrogens is 4. The molecule has 30 heavy (non-hydrogen) atoms. The fraction of sp³-hybridized carbons (Fsp3) is 0.364. The number of piperazine rings is 1. The van der Waals surface area contributed by atoms with Gasteiger partial charge in [0.05, 0.1) is 11.9 Å². The van der Waals surface area contributed by atoms with E-state index < -0.39 is 0 Å². The molecule has 1 saturated heterocycles. The number of benzene rings is 1. The Bertz CT molecular complexity index is 1170. The maximum Gasteiger partial charge on any atom is 0.241 e. The van der Waals surface area contributed by atoms with Gasteiger partial charge in [-0.2, -0.15) is 4.98 Å². The summed E-state index contributed by atoms with van der Waals surface area (Å²) >= 11 is 1.74. The Labute approximate surface area is 179 Å². The fourth-order valence-corrected chi connectivity index (χ4v) is 4.84. The van der Waals surface area contributed by atoms with Crippen LogP contribution in [0, 0.1) is 20.8 Å². The smallest absolute Gasteiger partial charge is 0.241 e. The fourth-order valence-electron chi connectivity index (χ4n) is 3.85. The Morgan fingerprint density at radius 3 is 2.53 bits per heavy atom. The van der Waals surface area contributed by atoms with Gasteiger partial charge in [0.2, 0.25) is 11.7 Å². The summed E-state index contributed by atoms with van der Waals surface area (Å²) < 4.78 is 5.50. The minimum atomic E-state index is 0.648. The molecular formula is C22H24N6OS. The lowest BCUT2D eigenvalue weighted by Gasteiger charge is -2.34. The second-order valence-corrected chi connectivity index (χ2v) is 9.00. The third-order valence-corrected chi connectivity index (χ3v) is 6.87. The normalized spacial score (nSPS) is 15.2. The van der Waals surface area contributed by atoms with Gasteiger partial charge in [-0.15, -0.1) is 11.3 Å². The van der Waals surface area contributed by atoms with Gasteiger partial charge in [0.25, 0.3) is 0 Å². The molecule has 5 rings (SSSR count). The van der Waals surface area contributed by atoms with Crippen LogP contribution in [0.3, 0.4) is 0 Å². The van der Waals surface area contributed by atoms with Gasteiger partial charge < -0.3 is 9.42 Å². The van der Waals surface area contributed by atoms with E-state index in [-0.39, 0.29) is 0 Å². The number of aryl methyl sites for hydroxylation is 3. The van der Waals surface area contributed by atoms with Crippen LogP contribution < -0.4 is 4.90 Å². The summed E-state index contributed by atoms with van der Waals surface area (Å²) in [5.74, 6) is 2.36. The molecule has 4 aromatic rings. The van der Waals surface area contributed by atoms with Crippen molar-refractivity contribution in [1.82, 2.24) is 25.0 Å². The van der Waals surface area contributed by atoms with E-state index in [1.54, 1.807) is 17.7 Å². The molecule has 0 atom stereocenters. The summed E-state index contributed by atoms with van der Waals surface area (Å²) in [6.45, 7) is 10.7. The topological polar surface area (TPSA) is 71.2 Å². The van der Waals surface area contributed by atoms with Crippen LogP contribution in [0.15, 0.2) is 35.1 Å². The number of anilines is 1. The average molecular weight is 421 g/mol. The Hall–Kier alpha value is -2.84. The molecular weight excluding hydrogens is 396 g/mol. The van der Waals surface area contributed by atoms with Crippen LogP contribution in [-0.2, 0) is 6.54 Å². The van der Waals surface area contributed by atoms with E-state index in [2.05, 4.69) is 62.8 Å². The second kappa shape index (κ2) is 7.77. The van der Waals surface area contributed by atoms with E-state index in [1.165, 1.54) is 21.4 Å². The molecule has 154 valence electrons. The molecule has 0 spiro atoms. The number of fused-ring (bicyclic) bond motifs is 1. The van der Waals surface area contributed by atoms with E-state index in [1.807, 2.05) is 12.1 Å². The molecule has 1 aliphatic heterocycles. The molecule has 4 heterocycles. The van der Waals surface area contributed by atoms with Crippen LogP contribution in [0.2, 0.25) is 0 Å². The first-order valence-electron chi connectivity index (χ1n) is 10.2. The Kier molecular flexibility index (Phi) is 4.96. The number of hydrogen-bond acceptors (Lipinski definition) is 8. The van der Waals surface area contributed by atoms with Crippen LogP contribution >= 0.6 is 11.3 Å². The van der Waals surface area contributed by atoms with Crippen molar-refractivity contribution in [3.05, 3.63) is 52.5 Å². The van der Waals surface area contributed by atoms with E-state index in [9.17, 15) is 0 Å². The largest absolute Gasteiger partial charge is 0.353 e. The van der Waals surface area contributed by atoms with Crippen LogP contribution in [0.5, 0.6) is 0 Å². The lowest BCUT2D eigenvalue weighted by atomic mass is 10.1. The molecule has 0 radical (unpaired) electrons. The van der Waals surface area contributed by atoms with Crippen molar-refractivity contribution in [2.24, 2.45) is 0 Å². The number of thiophene rings is 1. The van der Waals surface area contributed by atoms with Gasteiger partial charge in [0, 0.05) is 36.6 Å². The first-order valence-corrected chi connectivity index (χ1v) is 11.0. The zero-order chi connectivity index (χ0) is 20.7. The maximum atomic E-state index is 5.50. The summed E-state index contributed by atoms with van der Waals surface area (Å²) in [5.41, 5.74) is 3.49. The van der Waals surface area contributed by atoms with E-state index in [0.29, 0.717) is 18.3 Å². The quantitative estimate of drug-likeness (QED) is 0.494. The molecule has 0 bridgehead atoms. The van der Waals surface area contributed by atoms with Gasteiger partial charge in [0.1, 0.15) is 17.0 Å². The van der Waals surface area contributed by atoms with Crippen LogP contribution in [0.1, 0.15) is 21.9 Å². The van der Waals surface area contributed by atoms with Gasteiger partial charge >= 0.3 is 0 Å². The molecule has 7 nitrogen and oxygen atoms in total. The third kappa shape index (κ3) is 3.57. The van der Waals surface area contributed by atoms with Gasteiger partial charge in [0.15, 0.2) is 0 Å². The van der Waals surface area contributed by atoms with Crippen molar-refractivity contribution in [3.8, 4) is 11.4 Å². The average Bonchev–Trinajstić information content (AvgIpc) is 3.33. The lowest BCUT2D eigenvalue weighted by molar-refractivity contribution is 0.215. The zero-order valence-electron chi connectivity index (χ0n) is 17.4. The van der Waals surface area contributed by atoms with Crippen LogP contribution in [-0.4, -0.2) is 51.2 Å². The SMILES string of the molecule is Cc1ccc(-c2noc(CN3CCN(c4ncnc5sc(C)c(C)c45)CC3)n2)cc1. The van der Waals surface area contributed by atoms with Crippen LogP contribution in [0.25, 0.3) is 21.6 Å². The summed E-state index contributed by atoms with van der Waals surface area (Å²) in [5, 5.41) is 5.35. The molecule has 0 N–H and O–H groups in total. The highest BCUT2D eigenvalue weighted by Crippen LogP contribution is 2.34. The first kappa shape index (κ1) is 19.1. The summed E-state index contributed by atoms with van der Waals surface area (Å²) in [6, 6.07) is 8.18. The van der Waals surface area contributed by atoms with Crippen molar-refractivity contribution >= 4 is 27.4 Å². The highest BCUT2D eigenvalue weighted by molar-refractivity contribution is 7.18. The van der Waals surface area contributed by atoms with E-state index in [4.69, 9.17) is 4.52 Å². The summed E-state index contributed by atoms with van der Waals surface area (Å²) in [7, 11) is 0. The molecule has 1 aliphatic rings. The zero-order valence-corrected chi connectivity index (χ0v) is 18.2. The number of hydrogen-bond donors (Lipinski definition) is 0. The van der Waals surface area contributed by atoms with Gasteiger partial charge in [-0.3, -0.25) is 4.90 Å². The van der Waals surface area contributed by atoms with E-state index >= 15 is 0 Å². The predicted octanol–water partition coefficient (Wildman–Crippen LogP) is 3.99. The monoisotopic (exact) mass is 420 g/mol. The number of nitrogens with zero attached hydrogens (tertiary/aromatic N) is 6. The van der Waals surface area contributed by atoms with E-state index in [0.717, 1.165) is 42.4 Å². The first-order chi connectivity index (χ1) is 14.6. The van der Waals surface area contributed by atoms with Crippen molar-refractivity contribution in [2.45, 2.75) is 27.3 Å². The summed E-state index contributed by atoms with van der Waals surface area (Å²) in [4.78, 5) is 20.8. The van der Waals surface area contributed by atoms with Crippen molar-refractivity contribution in [1.29, 1.82) is 0 Å². The van der Waals surface area contributed by atoms with Crippen molar-refractivity contribution in [2.75, 3.05) is 31.1 Å². The van der Waals surface area contributed by atoms with Gasteiger partial charge in [-0.1, -0.05) is 35.0 Å². The molecule has 0 unspecified atom stereocenters. The molecule has 8 heteroatoms. The second-order valence-electron chi connectivity index (χ2n) is 7.80. The minimum absolute atomic E-state index is 0.648. The van der Waals surface area contributed by atoms with Gasteiger partial charge in [-0.05, 0) is 26.3 Å². The minimum Gasteiger partial charge on any atom is -0.353 e. The third-order valence-electron chi connectivity index (χ3n) is 5.75. The Morgan fingerprint density at radius 1 is 1.00 bits per heavy atom. The van der Waals surface area contributed by atoms with Crippen LogP contribution in [0.4, 0.5) is 5.82 Å². The predicted molar refractivity (Wildman–Crippen MR) is 119 cm³/mol. The molecule has 3 aromatic heterocycles. The number of rotatable bonds is 4. The highest BCUT2D eigenvalue weighted by Gasteiger charge is 2.23.